The predicted molar refractivity (Wildman–Crippen MR) is 58.5 cm³/mol. The van der Waals surface area contributed by atoms with E-state index >= 15 is 0 Å². The number of ether oxygens (including phenoxy) is 1. The molecule has 0 aliphatic heterocycles. The van der Waals surface area contributed by atoms with Gasteiger partial charge in [-0.2, -0.15) is 0 Å². The van der Waals surface area contributed by atoms with Crippen LogP contribution in [-0.2, 0) is 4.74 Å². The summed E-state index contributed by atoms with van der Waals surface area (Å²) in [4.78, 5) is 4.21. The maximum atomic E-state index is 5.22. The Balaban J connectivity index is 2.56. The molecule has 0 saturated carbocycles. The smallest absolute Gasteiger partial charge is 0.0741 e. The van der Waals surface area contributed by atoms with Crippen LogP contribution in [-0.4, -0.2) is 24.2 Å². The lowest BCUT2D eigenvalue weighted by Crippen LogP contribution is -2.29. The number of pyridine rings is 1. The first-order valence-corrected chi connectivity index (χ1v) is 4.85. The van der Waals surface area contributed by atoms with Crippen molar-refractivity contribution in [3.8, 4) is 0 Å². The molecule has 1 aromatic heterocycles. The van der Waals surface area contributed by atoms with E-state index in [0.29, 0.717) is 0 Å². The number of hydrogen-bond donors (Lipinski definition) is 1. The highest BCUT2D eigenvalue weighted by molar-refractivity contribution is 5.41. The van der Waals surface area contributed by atoms with Crippen LogP contribution >= 0.6 is 0 Å². The van der Waals surface area contributed by atoms with E-state index in [2.05, 4.69) is 17.2 Å². The molecule has 0 amide bonds. The lowest BCUT2D eigenvalue weighted by Gasteiger charge is -2.20. The van der Waals surface area contributed by atoms with Crippen molar-refractivity contribution in [1.29, 1.82) is 0 Å². The minimum Gasteiger partial charge on any atom is -0.380 e. The Hall–Kier alpha value is -1.09. The molecular weight excluding hydrogens is 176 g/mol. The molecule has 1 rings (SSSR count). The molecule has 2 atom stereocenters. The van der Waals surface area contributed by atoms with E-state index < -0.39 is 0 Å². The van der Waals surface area contributed by atoms with Gasteiger partial charge in [0, 0.05) is 18.8 Å². The van der Waals surface area contributed by atoms with E-state index in [0.717, 1.165) is 11.4 Å². The Morgan fingerprint density at radius 2 is 2.07 bits per heavy atom. The number of nitrogens with zero attached hydrogens (tertiary/aromatic N) is 1. The fraction of sp³-hybridized carbons (Fsp3) is 0.545. The summed E-state index contributed by atoms with van der Waals surface area (Å²) in [6, 6.07) is 4.30. The predicted octanol–water partition coefficient (Wildman–Crippen LogP) is 2.23. The number of rotatable bonds is 4. The molecule has 0 saturated heterocycles. The van der Waals surface area contributed by atoms with Crippen LogP contribution in [0.15, 0.2) is 18.3 Å². The lowest BCUT2D eigenvalue weighted by atomic mass is 10.2. The zero-order chi connectivity index (χ0) is 10.6. The molecule has 0 bridgehead atoms. The van der Waals surface area contributed by atoms with Crippen molar-refractivity contribution in [1.82, 2.24) is 4.98 Å². The molecule has 0 aliphatic carbocycles. The Labute approximate surface area is 85.5 Å². The second-order valence-corrected chi connectivity index (χ2v) is 3.56. The van der Waals surface area contributed by atoms with E-state index in [1.807, 2.05) is 32.2 Å². The standard InChI is InChI=1S/C11H18N2O/c1-8-5-6-11(7-12-8)13-9(2)10(3)14-4/h5-7,9-10,13H,1-4H3. The van der Waals surface area contributed by atoms with Gasteiger partial charge >= 0.3 is 0 Å². The fourth-order valence-corrected chi connectivity index (χ4v) is 1.14. The molecule has 3 heteroatoms. The van der Waals surface area contributed by atoms with E-state index in [1.54, 1.807) is 7.11 Å². The van der Waals surface area contributed by atoms with E-state index in [-0.39, 0.29) is 12.1 Å². The lowest BCUT2D eigenvalue weighted by molar-refractivity contribution is 0.106. The molecule has 0 aromatic carbocycles. The zero-order valence-electron chi connectivity index (χ0n) is 9.24. The first-order valence-electron chi connectivity index (χ1n) is 4.85. The van der Waals surface area contributed by atoms with Gasteiger partial charge < -0.3 is 10.1 Å². The molecule has 2 unspecified atom stereocenters. The van der Waals surface area contributed by atoms with Gasteiger partial charge in [-0.25, -0.2) is 0 Å². The number of aryl methyl sites for hydroxylation is 1. The Morgan fingerprint density at radius 3 is 2.57 bits per heavy atom. The molecule has 3 nitrogen and oxygen atoms in total. The van der Waals surface area contributed by atoms with Crippen LogP contribution in [0.5, 0.6) is 0 Å². The van der Waals surface area contributed by atoms with Gasteiger partial charge in [0.25, 0.3) is 0 Å². The van der Waals surface area contributed by atoms with Crippen molar-refractivity contribution < 1.29 is 4.74 Å². The number of anilines is 1. The van der Waals surface area contributed by atoms with Crippen molar-refractivity contribution in [2.75, 3.05) is 12.4 Å². The van der Waals surface area contributed by atoms with Gasteiger partial charge in [0.2, 0.25) is 0 Å². The molecular formula is C11H18N2O. The molecule has 0 aliphatic rings. The van der Waals surface area contributed by atoms with Crippen molar-refractivity contribution in [2.45, 2.75) is 32.9 Å². The fourth-order valence-electron chi connectivity index (χ4n) is 1.14. The van der Waals surface area contributed by atoms with Crippen LogP contribution in [0.25, 0.3) is 0 Å². The molecule has 0 radical (unpaired) electrons. The third kappa shape index (κ3) is 3.00. The van der Waals surface area contributed by atoms with Gasteiger partial charge in [-0.3, -0.25) is 4.98 Å². The zero-order valence-corrected chi connectivity index (χ0v) is 9.24. The summed E-state index contributed by atoms with van der Waals surface area (Å²) in [6.07, 6.45) is 2.03. The van der Waals surface area contributed by atoms with E-state index in [4.69, 9.17) is 4.74 Å². The van der Waals surface area contributed by atoms with Crippen LogP contribution in [0, 0.1) is 6.92 Å². The summed E-state index contributed by atoms with van der Waals surface area (Å²) in [7, 11) is 1.72. The normalized spacial score (nSPS) is 14.9. The number of aromatic nitrogens is 1. The molecule has 0 fully saturated rings. The highest BCUT2D eigenvalue weighted by atomic mass is 16.5. The van der Waals surface area contributed by atoms with Crippen molar-refractivity contribution in [2.24, 2.45) is 0 Å². The number of methoxy groups -OCH3 is 1. The van der Waals surface area contributed by atoms with Crippen molar-refractivity contribution in [3.05, 3.63) is 24.0 Å². The van der Waals surface area contributed by atoms with Crippen molar-refractivity contribution >= 4 is 5.69 Å². The monoisotopic (exact) mass is 194 g/mol. The van der Waals surface area contributed by atoms with Crippen LogP contribution in [0.4, 0.5) is 5.69 Å². The molecule has 1 aromatic rings. The summed E-state index contributed by atoms with van der Waals surface area (Å²) in [5.41, 5.74) is 2.06. The molecule has 1 N–H and O–H groups in total. The number of nitrogens with one attached hydrogen (secondary N) is 1. The Morgan fingerprint density at radius 1 is 1.36 bits per heavy atom. The molecule has 78 valence electrons. The van der Waals surface area contributed by atoms with E-state index in [9.17, 15) is 0 Å². The van der Waals surface area contributed by atoms with Gasteiger partial charge in [0.15, 0.2) is 0 Å². The largest absolute Gasteiger partial charge is 0.380 e. The Bertz CT molecular complexity index is 271. The molecule has 1 heterocycles. The van der Waals surface area contributed by atoms with Crippen LogP contribution in [0.1, 0.15) is 19.5 Å². The van der Waals surface area contributed by atoms with Crippen LogP contribution < -0.4 is 5.32 Å². The van der Waals surface area contributed by atoms with E-state index in [1.165, 1.54) is 0 Å². The average Bonchev–Trinajstić information content (AvgIpc) is 2.20. The van der Waals surface area contributed by atoms with Gasteiger partial charge in [0.1, 0.15) is 0 Å². The maximum Gasteiger partial charge on any atom is 0.0741 e. The van der Waals surface area contributed by atoms with Gasteiger partial charge in [0.05, 0.1) is 18.0 Å². The van der Waals surface area contributed by atoms with Crippen LogP contribution in [0.3, 0.4) is 0 Å². The second kappa shape index (κ2) is 4.96. The van der Waals surface area contributed by atoms with Gasteiger partial charge in [-0.1, -0.05) is 0 Å². The third-order valence-electron chi connectivity index (χ3n) is 2.38. The highest BCUT2D eigenvalue weighted by Crippen LogP contribution is 2.09. The maximum absolute atomic E-state index is 5.22. The third-order valence-corrected chi connectivity index (χ3v) is 2.38. The summed E-state index contributed by atoms with van der Waals surface area (Å²) >= 11 is 0. The SMILES string of the molecule is COC(C)C(C)Nc1ccc(C)nc1. The quantitative estimate of drug-likeness (QED) is 0.798. The molecule has 0 spiro atoms. The first kappa shape index (κ1) is 11.0. The summed E-state index contributed by atoms with van der Waals surface area (Å²) < 4.78 is 5.22. The van der Waals surface area contributed by atoms with Gasteiger partial charge in [-0.05, 0) is 32.9 Å². The average molecular weight is 194 g/mol. The minimum absolute atomic E-state index is 0.191. The van der Waals surface area contributed by atoms with Crippen LogP contribution in [0.2, 0.25) is 0 Å². The molecule has 14 heavy (non-hydrogen) atoms. The topological polar surface area (TPSA) is 34.1 Å². The first-order chi connectivity index (χ1) is 6.63. The second-order valence-electron chi connectivity index (χ2n) is 3.56. The number of hydrogen-bond acceptors (Lipinski definition) is 3. The summed E-state index contributed by atoms with van der Waals surface area (Å²) in [5, 5.41) is 3.33. The van der Waals surface area contributed by atoms with Gasteiger partial charge in [-0.15, -0.1) is 0 Å². The Kier molecular flexibility index (Phi) is 3.89. The summed E-state index contributed by atoms with van der Waals surface area (Å²) in [6.45, 7) is 6.11. The summed E-state index contributed by atoms with van der Waals surface area (Å²) in [5.74, 6) is 0. The van der Waals surface area contributed by atoms with Crippen molar-refractivity contribution in [3.63, 3.8) is 0 Å². The minimum atomic E-state index is 0.191. The highest BCUT2D eigenvalue weighted by Gasteiger charge is 2.10.